The van der Waals surface area contributed by atoms with Crippen molar-refractivity contribution in [2.75, 3.05) is 6.61 Å². The zero-order chi connectivity index (χ0) is 15.2. The van der Waals surface area contributed by atoms with Gasteiger partial charge < -0.3 is 4.74 Å². The molecule has 1 aliphatic rings. The van der Waals surface area contributed by atoms with Gasteiger partial charge in [0.25, 0.3) is 0 Å². The molecule has 0 saturated carbocycles. The Morgan fingerprint density at radius 3 is 2.62 bits per heavy atom. The fourth-order valence-corrected chi connectivity index (χ4v) is 3.16. The Morgan fingerprint density at radius 2 is 1.95 bits per heavy atom. The highest BCUT2D eigenvalue weighted by Crippen LogP contribution is 2.33. The summed E-state index contributed by atoms with van der Waals surface area (Å²) in [4.78, 5) is 4.82. The first-order valence-corrected chi connectivity index (χ1v) is 8.06. The van der Waals surface area contributed by atoms with E-state index in [1.165, 1.54) is 16.3 Å². The van der Waals surface area contributed by atoms with E-state index in [0.29, 0.717) is 6.61 Å². The summed E-state index contributed by atoms with van der Waals surface area (Å²) < 4.78 is 7.04. The van der Waals surface area contributed by atoms with Gasteiger partial charge in [0.05, 0.1) is 6.04 Å². The van der Waals surface area contributed by atoms with Crippen LogP contribution in [-0.2, 0) is 4.74 Å². The molecule has 1 heterocycles. The number of rotatable bonds is 1. The second-order valence-corrected chi connectivity index (χ2v) is 7.52. The SMILES string of the molecule is Cc1ccc2cccc(C3=N[C@@H](C(C)(C)C)CO3)c2c1Br. The molecule has 0 bridgehead atoms. The molecule has 110 valence electrons. The number of benzene rings is 2. The zero-order valence-corrected chi connectivity index (χ0v) is 14.5. The maximum Gasteiger partial charge on any atom is 0.217 e. The molecule has 1 aliphatic heterocycles. The summed E-state index contributed by atoms with van der Waals surface area (Å²) in [6.45, 7) is 9.39. The molecule has 1 atom stereocenters. The summed E-state index contributed by atoms with van der Waals surface area (Å²) in [6, 6.07) is 10.8. The van der Waals surface area contributed by atoms with Gasteiger partial charge in [0, 0.05) is 15.4 Å². The molecule has 0 spiro atoms. The van der Waals surface area contributed by atoms with Crippen molar-refractivity contribution in [1.82, 2.24) is 0 Å². The summed E-state index contributed by atoms with van der Waals surface area (Å²) in [5, 5.41) is 2.39. The second-order valence-electron chi connectivity index (χ2n) is 6.73. The molecule has 3 rings (SSSR count). The van der Waals surface area contributed by atoms with E-state index in [-0.39, 0.29) is 11.5 Å². The number of nitrogens with zero attached hydrogens (tertiary/aromatic N) is 1. The van der Waals surface area contributed by atoms with Gasteiger partial charge in [-0.05, 0) is 45.3 Å². The summed E-state index contributed by atoms with van der Waals surface area (Å²) in [7, 11) is 0. The van der Waals surface area contributed by atoms with Gasteiger partial charge in [-0.3, -0.25) is 0 Å². The number of hydrogen-bond donors (Lipinski definition) is 0. The number of aryl methyl sites for hydroxylation is 1. The number of ether oxygens (including phenoxy) is 1. The first-order valence-electron chi connectivity index (χ1n) is 7.27. The van der Waals surface area contributed by atoms with Crippen molar-refractivity contribution in [3.05, 3.63) is 45.9 Å². The standard InChI is InChI=1S/C18H20BrNO/c1-11-8-9-12-6-5-7-13(15(12)16(11)19)17-20-14(10-21-17)18(2,3)4/h5-9,14H,10H2,1-4H3/t14-/m1/s1. The molecule has 0 fully saturated rings. The predicted octanol–water partition coefficient (Wildman–Crippen LogP) is 5.10. The summed E-state index contributed by atoms with van der Waals surface area (Å²) >= 11 is 3.72. The Hall–Kier alpha value is -1.35. The molecule has 0 radical (unpaired) electrons. The number of hydrogen-bond acceptors (Lipinski definition) is 2. The highest BCUT2D eigenvalue weighted by Gasteiger charge is 2.31. The van der Waals surface area contributed by atoms with Crippen LogP contribution in [0, 0.1) is 12.3 Å². The first-order chi connectivity index (χ1) is 9.88. The van der Waals surface area contributed by atoms with Gasteiger partial charge in [0.2, 0.25) is 5.90 Å². The van der Waals surface area contributed by atoms with E-state index in [4.69, 9.17) is 9.73 Å². The maximum absolute atomic E-state index is 5.91. The third-order valence-corrected chi connectivity index (χ3v) is 5.08. The molecule has 3 heteroatoms. The van der Waals surface area contributed by atoms with Crippen molar-refractivity contribution >= 4 is 32.6 Å². The van der Waals surface area contributed by atoms with E-state index in [2.05, 4.69) is 74.0 Å². The molecule has 2 aromatic rings. The fraction of sp³-hybridized carbons (Fsp3) is 0.389. The van der Waals surface area contributed by atoms with Crippen LogP contribution in [-0.4, -0.2) is 18.5 Å². The first kappa shape index (κ1) is 14.6. The molecule has 0 unspecified atom stereocenters. The Kier molecular flexibility index (Phi) is 3.56. The van der Waals surface area contributed by atoms with Crippen LogP contribution in [0.4, 0.5) is 0 Å². The Morgan fingerprint density at radius 1 is 1.19 bits per heavy atom. The highest BCUT2D eigenvalue weighted by molar-refractivity contribution is 9.10. The molecule has 0 aromatic heterocycles. The van der Waals surface area contributed by atoms with E-state index >= 15 is 0 Å². The van der Waals surface area contributed by atoms with Gasteiger partial charge in [-0.25, -0.2) is 4.99 Å². The molecule has 0 amide bonds. The molecular formula is C18H20BrNO. The molecule has 2 aromatic carbocycles. The largest absolute Gasteiger partial charge is 0.475 e. The third kappa shape index (κ3) is 2.59. The fourth-order valence-electron chi connectivity index (χ4n) is 2.58. The molecular weight excluding hydrogens is 326 g/mol. The Balaban J connectivity index is 2.16. The van der Waals surface area contributed by atoms with Crippen molar-refractivity contribution in [3.63, 3.8) is 0 Å². The minimum absolute atomic E-state index is 0.124. The van der Waals surface area contributed by atoms with E-state index in [1.807, 2.05) is 0 Å². The second kappa shape index (κ2) is 5.13. The van der Waals surface area contributed by atoms with Crippen LogP contribution < -0.4 is 0 Å². The number of halogens is 1. The Labute approximate surface area is 134 Å². The minimum atomic E-state index is 0.124. The van der Waals surface area contributed by atoms with E-state index < -0.39 is 0 Å². The smallest absolute Gasteiger partial charge is 0.217 e. The third-order valence-electron chi connectivity index (χ3n) is 4.06. The maximum atomic E-state index is 5.91. The lowest BCUT2D eigenvalue weighted by Gasteiger charge is -2.21. The molecule has 21 heavy (non-hydrogen) atoms. The lowest BCUT2D eigenvalue weighted by atomic mass is 9.88. The van der Waals surface area contributed by atoms with E-state index in [0.717, 1.165) is 15.9 Å². The summed E-state index contributed by atoms with van der Waals surface area (Å²) in [5.74, 6) is 0.770. The minimum Gasteiger partial charge on any atom is -0.475 e. The normalized spacial score (nSPS) is 18.7. The van der Waals surface area contributed by atoms with Crippen LogP contribution in [0.2, 0.25) is 0 Å². The van der Waals surface area contributed by atoms with Gasteiger partial charge in [0.1, 0.15) is 6.61 Å². The summed E-state index contributed by atoms with van der Waals surface area (Å²) in [5.41, 5.74) is 2.43. The van der Waals surface area contributed by atoms with Crippen LogP contribution in [0.25, 0.3) is 10.8 Å². The topological polar surface area (TPSA) is 21.6 Å². The predicted molar refractivity (Wildman–Crippen MR) is 92.1 cm³/mol. The van der Waals surface area contributed by atoms with Gasteiger partial charge in [0.15, 0.2) is 0 Å². The average Bonchev–Trinajstić information content (AvgIpc) is 2.92. The molecule has 0 N–H and O–H groups in total. The average molecular weight is 346 g/mol. The Bertz CT molecular complexity index is 728. The van der Waals surface area contributed by atoms with Crippen molar-refractivity contribution in [3.8, 4) is 0 Å². The molecule has 2 nitrogen and oxygen atoms in total. The van der Waals surface area contributed by atoms with Crippen LogP contribution in [0.1, 0.15) is 31.9 Å². The van der Waals surface area contributed by atoms with E-state index in [9.17, 15) is 0 Å². The quantitative estimate of drug-likeness (QED) is 0.704. The van der Waals surface area contributed by atoms with Crippen molar-refractivity contribution in [2.45, 2.75) is 33.7 Å². The lowest BCUT2D eigenvalue weighted by Crippen LogP contribution is -2.25. The van der Waals surface area contributed by atoms with Crippen LogP contribution in [0.3, 0.4) is 0 Å². The van der Waals surface area contributed by atoms with Gasteiger partial charge in [-0.2, -0.15) is 0 Å². The summed E-state index contributed by atoms with van der Waals surface area (Å²) in [6.07, 6.45) is 0. The monoisotopic (exact) mass is 345 g/mol. The highest BCUT2D eigenvalue weighted by atomic mass is 79.9. The zero-order valence-electron chi connectivity index (χ0n) is 12.9. The van der Waals surface area contributed by atoms with Crippen LogP contribution in [0.5, 0.6) is 0 Å². The van der Waals surface area contributed by atoms with Crippen molar-refractivity contribution in [1.29, 1.82) is 0 Å². The van der Waals surface area contributed by atoms with Crippen molar-refractivity contribution < 1.29 is 4.74 Å². The molecule has 0 saturated heterocycles. The van der Waals surface area contributed by atoms with Crippen molar-refractivity contribution in [2.24, 2.45) is 10.4 Å². The number of fused-ring (bicyclic) bond motifs is 1. The van der Waals surface area contributed by atoms with Gasteiger partial charge in [-0.15, -0.1) is 0 Å². The van der Waals surface area contributed by atoms with Crippen LogP contribution >= 0.6 is 15.9 Å². The lowest BCUT2D eigenvalue weighted by molar-refractivity contribution is 0.236. The van der Waals surface area contributed by atoms with Gasteiger partial charge in [-0.1, -0.05) is 45.0 Å². The van der Waals surface area contributed by atoms with Crippen LogP contribution in [0.15, 0.2) is 39.8 Å². The van der Waals surface area contributed by atoms with E-state index in [1.54, 1.807) is 0 Å². The number of aliphatic imine (C=N–C) groups is 1. The molecule has 0 aliphatic carbocycles. The van der Waals surface area contributed by atoms with Gasteiger partial charge >= 0.3 is 0 Å².